The minimum atomic E-state index is -4.65. The smallest absolute Gasteiger partial charge is 0.307 e. The van der Waals surface area contributed by atoms with Gasteiger partial charge in [0, 0.05) is 31.4 Å². The Morgan fingerprint density at radius 3 is 2.83 bits per heavy atom. The largest absolute Gasteiger partial charge is 0.337 e. The van der Waals surface area contributed by atoms with Gasteiger partial charge >= 0.3 is 10.2 Å². The molecule has 0 aliphatic carbocycles. The number of hydrogen-bond donors (Lipinski definition) is 0. The van der Waals surface area contributed by atoms with Crippen LogP contribution in [0.25, 0.3) is 0 Å². The summed E-state index contributed by atoms with van der Waals surface area (Å²) in [7, 11) is -4.65. The maximum absolute atomic E-state index is 12.9. The standard InChI is InChI=1S/C10H14FN3O3S/c1-8(6-13-4-2-3-12-13)14-7-9(5-10(14)15)18(11,16)17/h2-4,8-9H,5-7H2,1H3. The van der Waals surface area contributed by atoms with E-state index in [2.05, 4.69) is 5.10 Å². The molecule has 2 heterocycles. The number of hydrogen-bond acceptors (Lipinski definition) is 4. The first-order valence-electron chi connectivity index (χ1n) is 5.58. The maximum atomic E-state index is 12.9. The van der Waals surface area contributed by atoms with E-state index in [1.54, 1.807) is 30.1 Å². The molecule has 1 aromatic heterocycles. The quantitative estimate of drug-likeness (QED) is 0.734. The van der Waals surface area contributed by atoms with Crippen LogP contribution in [0.4, 0.5) is 3.89 Å². The molecule has 1 fully saturated rings. The van der Waals surface area contributed by atoms with Crippen LogP contribution in [0.5, 0.6) is 0 Å². The zero-order valence-electron chi connectivity index (χ0n) is 9.86. The first-order valence-corrected chi connectivity index (χ1v) is 7.03. The van der Waals surface area contributed by atoms with E-state index in [0.29, 0.717) is 6.54 Å². The van der Waals surface area contributed by atoms with Gasteiger partial charge in [-0.25, -0.2) is 0 Å². The molecule has 0 N–H and O–H groups in total. The summed E-state index contributed by atoms with van der Waals surface area (Å²) in [6, 6.07) is 1.54. The van der Waals surface area contributed by atoms with E-state index in [1.807, 2.05) is 0 Å². The Morgan fingerprint density at radius 2 is 2.33 bits per heavy atom. The Hall–Kier alpha value is -1.44. The Bertz CT molecular complexity index is 529. The lowest BCUT2D eigenvalue weighted by molar-refractivity contribution is -0.129. The van der Waals surface area contributed by atoms with Gasteiger partial charge in [0.1, 0.15) is 5.25 Å². The van der Waals surface area contributed by atoms with Crippen molar-refractivity contribution in [3.8, 4) is 0 Å². The van der Waals surface area contributed by atoms with Crippen molar-refractivity contribution in [2.24, 2.45) is 0 Å². The third kappa shape index (κ3) is 2.69. The molecule has 0 spiro atoms. The van der Waals surface area contributed by atoms with Crippen LogP contribution in [-0.2, 0) is 21.6 Å². The molecule has 1 amide bonds. The Labute approximate surface area is 105 Å². The summed E-state index contributed by atoms with van der Waals surface area (Å²) in [6.45, 7) is 2.16. The third-order valence-corrected chi connectivity index (χ3v) is 4.18. The highest BCUT2D eigenvalue weighted by Gasteiger charge is 2.40. The van der Waals surface area contributed by atoms with Crippen LogP contribution in [-0.4, -0.2) is 46.8 Å². The van der Waals surface area contributed by atoms with Gasteiger partial charge in [0.25, 0.3) is 0 Å². The minimum Gasteiger partial charge on any atom is -0.337 e. The SMILES string of the molecule is CC(Cn1cccn1)N1CC(S(=O)(=O)F)CC1=O. The highest BCUT2D eigenvalue weighted by Crippen LogP contribution is 2.22. The Morgan fingerprint density at radius 1 is 1.61 bits per heavy atom. The van der Waals surface area contributed by atoms with Crippen molar-refractivity contribution < 1.29 is 17.1 Å². The van der Waals surface area contributed by atoms with Gasteiger partial charge in [0.05, 0.1) is 6.54 Å². The van der Waals surface area contributed by atoms with Crippen molar-refractivity contribution in [1.82, 2.24) is 14.7 Å². The molecule has 18 heavy (non-hydrogen) atoms. The van der Waals surface area contributed by atoms with Crippen LogP contribution in [0.2, 0.25) is 0 Å². The molecular formula is C10H14FN3O3S. The zero-order valence-corrected chi connectivity index (χ0v) is 10.7. The first-order chi connectivity index (χ1) is 8.38. The number of amides is 1. The van der Waals surface area contributed by atoms with Crippen LogP contribution in [0.3, 0.4) is 0 Å². The fourth-order valence-electron chi connectivity index (χ4n) is 2.09. The number of rotatable bonds is 4. The molecule has 1 aliphatic heterocycles. The molecule has 2 unspecified atom stereocenters. The van der Waals surface area contributed by atoms with Gasteiger partial charge in [0.15, 0.2) is 0 Å². The van der Waals surface area contributed by atoms with Gasteiger partial charge in [-0.3, -0.25) is 9.48 Å². The normalized spacial score (nSPS) is 22.4. The number of nitrogens with zero attached hydrogens (tertiary/aromatic N) is 3. The van der Waals surface area contributed by atoms with E-state index >= 15 is 0 Å². The van der Waals surface area contributed by atoms with Crippen LogP contribution >= 0.6 is 0 Å². The predicted molar refractivity (Wildman–Crippen MR) is 61.8 cm³/mol. The van der Waals surface area contributed by atoms with E-state index in [4.69, 9.17) is 0 Å². The monoisotopic (exact) mass is 275 g/mol. The molecule has 2 atom stereocenters. The molecule has 1 aromatic rings. The predicted octanol–water partition coefficient (Wildman–Crippen LogP) is 0.172. The second kappa shape index (κ2) is 4.68. The number of aromatic nitrogens is 2. The molecule has 2 rings (SSSR count). The van der Waals surface area contributed by atoms with Crippen LogP contribution in [0, 0.1) is 0 Å². The van der Waals surface area contributed by atoms with Gasteiger partial charge in [0.2, 0.25) is 5.91 Å². The van der Waals surface area contributed by atoms with E-state index in [-0.39, 0.29) is 24.9 Å². The van der Waals surface area contributed by atoms with Crippen molar-refractivity contribution in [3.05, 3.63) is 18.5 Å². The summed E-state index contributed by atoms with van der Waals surface area (Å²) in [5, 5.41) is 2.78. The molecule has 0 aromatic carbocycles. The lowest BCUT2D eigenvalue weighted by Crippen LogP contribution is -2.38. The second-order valence-electron chi connectivity index (χ2n) is 4.42. The van der Waals surface area contributed by atoms with Gasteiger partial charge in [-0.1, -0.05) is 0 Å². The highest BCUT2D eigenvalue weighted by atomic mass is 32.3. The van der Waals surface area contributed by atoms with Crippen LogP contribution in [0.1, 0.15) is 13.3 Å². The van der Waals surface area contributed by atoms with Crippen molar-refractivity contribution in [3.63, 3.8) is 0 Å². The van der Waals surface area contributed by atoms with Crippen LogP contribution in [0.15, 0.2) is 18.5 Å². The van der Waals surface area contributed by atoms with Crippen molar-refractivity contribution in [2.75, 3.05) is 6.54 Å². The van der Waals surface area contributed by atoms with Crippen molar-refractivity contribution in [1.29, 1.82) is 0 Å². The van der Waals surface area contributed by atoms with Crippen molar-refractivity contribution >= 4 is 16.1 Å². The van der Waals surface area contributed by atoms with Gasteiger partial charge in [-0.2, -0.15) is 13.5 Å². The van der Waals surface area contributed by atoms with E-state index < -0.39 is 15.5 Å². The lowest BCUT2D eigenvalue weighted by Gasteiger charge is -2.24. The summed E-state index contributed by atoms with van der Waals surface area (Å²) in [6.07, 6.45) is 3.09. The Balaban J connectivity index is 2.03. The van der Waals surface area contributed by atoms with Gasteiger partial charge < -0.3 is 4.90 Å². The fraction of sp³-hybridized carbons (Fsp3) is 0.600. The van der Waals surface area contributed by atoms with E-state index in [0.717, 1.165) is 0 Å². The average Bonchev–Trinajstić information content (AvgIpc) is 2.85. The summed E-state index contributed by atoms with van der Waals surface area (Å²) in [5.74, 6) is -0.333. The summed E-state index contributed by atoms with van der Waals surface area (Å²) >= 11 is 0. The number of carbonyl (C=O) groups is 1. The summed E-state index contributed by atoms with van der Waals surface area (Å²) in [5.41, 5.74) is 0. The molecule has 1 saturated heterocycles. The Kier molecular flexibility index (Phi) is 3.38. The van der Waals surface area contributed by atoms with E-state index in [9.17, 15) is 17.1 Å². The fourth-order valence-corrected chi connectivity index (χ4v) is 2.77. The van der Waals surface area contributed by atoms with E-state index in [1.165, 1.54) is 4.90 Å². The molecule has 6 nitrogen and oxygen atoms in total. The molecular weight excluding hydrogens is 261 g/mol. The molecule has 100 valence electrons. The number of carbonyl (C=O) groups excluding carboxylic acids is 1. The van der Waals surface area contributed by atoms with Gasteiger partial charge in [-0.05, 0) is 13.0 Å². The molecule has 1 aliphatic rings. The summed E-state index contributed by atoms with van der Waals surface area (Å²) < 4.78 is 36.1. The first kappa shape index (κ1) is 13.0. The minimum absolute atomic E-state index is 0.0832. The summed E-state index contributed by atoms with van der Waals surface area (Å²) in [4.78, 5) is 13.1. The molecule has 0 saturated carbocycles. The van der Waals surface area contributed by atoms with Crippen LogP contribution < -0.4 is 0 Å². The second-order valence-corrected chi connectivity index (χ2v) is 6.04. The molecule has 0 bridgehead atoms. The van der Waals surface area contributed by atoms with Crippen molar-refractivity contribution in [2.45, 2.75) is 31.2 Å². The average molecular weight is 275 g/mol. The number of halogens is 1. The maximum Gasteiger partial charge on any atom is 0.307 e. The third-order valence-electron chi connectivity index (χ3n) is 3.06. The topological polar surface area (TPSA) is 72.3 Å². The zero-order chi connectivity index (χ0) is 13.3. The molecule has 8 heteroatoms. The lowest BCUT2D eigenvalue weighted by atomic mass is 10.3. The molecule has 0 radical (unpaired) electrons. The highest BCUT2D eigenvalue weighted by molar-refractivity contribution is 7.87. The van der Waals surface area contributed by atoms with Gasteiger partial charge in [-0.15, -0.1) is 3.89 Å². The number of likely N-dealkylation sites (tertiary alicyclic amines) is 1.